The van der Waals surface area contributed by atoms with E-state index in [2.05, 4.69) is 74.6 Å². The molecule has 0 aromatic carbocycles. The van der Waals surface area contributed by atoms with Crippen LogP contribution in [0.25, 0.3) is 0 Å². The van der Waals surface area contributed by atoms with E-state index < -0.39 is 32.5 Å². The van der Waals surface area contributed by atoms with Gasteiger partial charge in [-0.1, -0.05) is 107 Å². The largest absolute Gasteiger partial charge is 0.756 e. The summed E-state index contributed by atoms with van der Waals surface area (Å²) in [5.74, 6) is -0.904. The first kappa shape index (κ1) is 47.7. The number of ether oxygens (including phenoxy) is 2. The van der Waals surface area contributed by atoms with Crippen LogP contribution < -0.4 is 4.89 Å². The molecule has 50 heavy (non-hydrogen) atoms. The van der Waals surface area contributed by atoms with E-state index in [1.807, 2.05) is 21.1 Å². The number of rotatable bonds is 33. The highest BCUT2D eigenvalue weighted by Gasteiger charge is 2.21. The van der Waals surface area contributed by atoms with E-state index in [1.54, 1.807) is 0 Å². The molecule has 2 unspecified atom stereocenters. The fourth-order valence-electron chi connectivity index (χ4n) is 4.51. The molecular weight excluding hydrogens is 653 g/mol. The summed E-state index contributed by atoms with van der Waals surface area (Å²) in [7, 11) is 1.12. The number of likely N-dealkylation sites (N-methyl/N-ethyl adjacent to an activating group) is 1. The molecule has 288 valence electrons. The van der Waals surface area contributed by atoms with Gasteiger partial charge in [-0.25, -0.2) is 0 Å². The number of unbranched alkanes of at least 4 members (excludes halogenated alkanes) is 9. The first-order chi connectivity index (χ1) is 24.0. The molecule has 2 atom stereocenters. The monoisotopic (exact) mass is 723 g/mol. The molecule has 0 heterocycles. The Balaban J connectivity index is 4.55. The molecule has 0 N–H and O–H groups in total. The van der Waals surface area contributed by atoms with Crippen molar-refractivity contribution in [2.24, 2.45) is 0 Å². The van der Waals surface area contributed by atoms with Gasteiger partial charge in [0.25, 0.3) is 7.82 Å². The van der Waals surface area contributed by atoms with Gasteiger partial charge in [-0.2, -0.15) is 0 Å². The molecule has 0 rings (SSSR count). The van der Waals surface area contributed by atoms with Crippen molar-refractivity contribution in [3.63, 3.8) is 0 Å². The summed E-state index contributed by atoms with van der Waals surface area (Å²) in [6, 6.07) is 0. The number of carbonyl (C=O) groups is 2. The van der Waals surface area contributed by atoms with E-state index in [9.17, 15) is 19.0 Å². The maximum Gasteiger partial charge on any atom is 0.306 e. The van der Waals surface area contributed by atoms with Crippen molar-refractivity contribution in [2.75, 3.05) is 47.5 Å². The van der Waals surface area contributed by atoms with Gasteiger partial charge in [-0.05, 0) is 70.6 Å². The van der Waals surface area contributed by atoms with Crippen molar-refractivity contribution in [2.45, 2.75) is 136 Å². The van der Waals surface area contributed by atoms with Crippen molar-refractivity contribution >= 4 is 19.8 Å². The Hall–Kier alpha value is -2.29. The van der Waals surface area contributed by atoms with E-state index in [1.165, 1.54) is 12.8 Å². The lowest BCUT2D eigenvalue weighted by molar-refractivity contribution is -0.870. The molecule has 0 saturated heterocycles. The Morgan fingerprint density at radius 3 is 1.76 bits per heavy atom. The number of hydrogen-bond donors (Lipinski definition) is 0. The number of esters is 2. The summed E-state index contributed by atoms with van der Waals surface area (Å²) in [6.07, 6.45) is 36.8. The normalized spacial score (nSPS) is 14.4. The summed E-state index contributed by atoms with van der Waals surface area (Å²) < 4.78 is 33.7. The zero-order valence-electron chi connectivity index (χ0n) is 32.1. The summed E-state index contributed by atoms with van der Waals surface area (Å²) in [5, 5.41) is 0. The number of nitrogens with zero attached hydrogens (tertiary/aromatic N) is 1. The zero-order valence-corrected chi connectivity index (χ0v) is 33.0. The summed E-state index contributed by atoms with van der Waals surface area (Å²) in [5.41, 5.74) is 0. The maximum atomic E-state index is 12.6. The topological polar surface area (TPSA) is 111 Å². The summed E-state index contributed by atoms with van der Waals surface area (Å²) >= 11 is 0. The molecule has 0 aromatic heterocycles. The number of carbonyl (C=O) groups excluding carboxylic acids is 2. The highest BCUT2D eigenvalue weighted by molar-refractivity contribution is 7.45. The first-order valence-corrected chi connectivity index (χ1v) is 20.5. The summed E-state index contributed by atoms with van der Waals surface area (Å²) in [6.45, 7) is 3.97. The highest BCUT2D eigenvalue weighted by atomic mass is 31.2. The lowest BCUT2D eigenvalue weighted by Gasteiger charge is -2.28. The Morgan fingerprint density at radius 2 is 1.14 bits per heavy atom. The van der Waals surface area contributed by atoms with Crippen LogP contribution in [0.4, 0.5) is 0 Å². The van der Waals surface area contributed by atoms with Crippen LogP contribution in [0.15, 0.2) is 60.8 Å². The number of allylic oxidation sites excluding steroid dienone is 10. The van der Waals surface area contributed by atoms with Crippen molar-refractivity contribution in [3.8, 4) is 0 Å². The molecule has 0 bridgehead atoms. The fraction of sp³-hybridized carbons (Fsp3) is 0.700. The van der Waals surface area contributed by atoms with Crippen molar-refractivity contribution < 1.29 is 42.1 Å². The van der Waals surface area contributed by atoms with Crippen molar-refractivity contribution in [3.05, 3.63) is 60.8 Å². The second-order valence-corrected chi connectivity index (χ2v) is 15.0. The number of phosphoric ester groups is 1. The van der Waals surface area contributed by atoms with Crippen LogP contribution in [0.5, 0.6) is 0 Å². The third-order valence-corrected chi connectivity index (χ3v) is 8.49. The molecule has 10 heteroatoms. The van der Waals surface area contributed by atoms with E-state index >= 15 is 0 Å². The maximum absolute atomic E-state index is 12.6. The fourth-order valence-corrected chi connectivity index (χ4v) is 5.23. The van der Waals surface area contributed by atoms with Gasteiger partial charge in [0.1, 0.15) is 19.8 Å². The minimum atomic E-state index is -4.63. The third-order valence-electron chi connectivity index (χ3n) is 7.52. The predicted octanol–water partition coefficient (Wildman–Crippen LogP) is 9.49. The molecule has 0 aliphatic carbocycles. The molecule has 0 radical (unpaired) electrons. The van der Waals surface area contributed by atoms with Gasteiger partial charge in [-0.3, -0.25) is 14.2 Å². The standard InChI is InChI=1S/C40H70NO8P/c1-6-8-10-12-14-16-18-19-20-21-23-25-27-29-31-33-40(43)49-38(37-48-50(44,45)47-35-34-41(3,4)5)36-46-39(42)32-30-28-26-24-22-17-15-13-11-9-7-2/h8,10,13-16,19-20,23,25,38H,6-7,9,11-12,17-18,21-22,24,26-37H2,1-5H3/b10-8-,15-13-,16-14-,20-19-,25-23-. The quantitative estimate of drug-likeness (QED) is 0.0217. The molecule has 0 fully saturated rings. The van der Waals surface area contributed by atoms with Crippen LogP contribution in [-0.2, 0) is 32.7 Å². The van der Waals surface area contributed by atoms with E-state index in [0.717, 1.165) is 77.0 Å². The van der Waals surface area contributed by atoms with Crippen LogP contribution in [0.3, 0.4) is 0 Å². The van der Waals surface area contributed by atoms with Gasteiger partial charge >= 0.3 is 11.9 Å². The second-order valence-electron chi connectivity index (χ2n) is 13.6. The van der Waals surface area contributed by atoms with E-state index in [4.69, 9.17) is 18.5 Å². The van der Waals surface area contributed by atoms with Crippen molar-refractivity contribution in [1.29, 1.82) is 0 Å². The predicted molar refractivity (Wildman–Crippen MR) is 203 cm³/mol. The lowest BCUT2D eigenvalue weighted by atomic mass is 10.1. The number of hydrogen-bond acceptors (Lipinski definition) is 8. The Kier molecular flexibility index (Phi) is 31.1. The Bertz CT molecular complexity index is 1040. The Labute approximate surface area is 305 Å². The van der Waals surface area contributed by atoms with Gasteiger partial charge in [0.05, 0.1) is 27.7 Å². The molecule has 0 aliphatic heterocycles. The molecule has 0 aliphatic rings. The molecular formula is C40H70NO8P. The van der Waals surface area contributed by atoms with Crippen LogP contribution in [0.2, 0.25) is 0 Å². The minimum Gasteiger partial charge on any atom is -0.756 e. The molecule has 0 aromatic rings. The number of quaternary nitrogens is 1. The third kappa shape index (κ3) is 35.5. The minimum absolute atomic E-state index is 0.0430. The van der Waals surface area contributed by atoms with E-state index in [-0.39, 0.29) is 26.1 Å². The highest BCUT2D eigenvalue weighted by Crippen LogP contribution is 2.38. The van der Waals surface area contributed by atoms with Gasteiger partial charge in [0, 0.05) is 12.8 Å². The van der Waals surface area contributed by atoms with Gasteiger partial charge in [0.15, 0.2) is 6.10 Å². The average molecular weight is 724 g/mol. The van der Waals surface area contributed by atoms with Crippen LogP contribution >= 0.6 is 7.82 Å². The average Bonchev–Trinajstić information content (AvgIpc) is 3.06. The van der Waals surface area contributed by atoms with Crippen molar-refractivity contribution in [1.82, 2.24) is 0 Å². The van der Waals surface area contributed by atoms with Gasteiger partial charge < -0.3 is 27.9 Å². The summed E-state index contributed by atoms with van der Waals surface area (Å²) in [4.78, 5) is 37.3. The SMILES string of the molecule is CC/C=C\C/C=C\C/C=C\C/C=C\CCCCC(=O)OC(COC(=O)CCCCCCC/C=C\CCCC)COP(=O)([O-])OCC[N+](C)(C)C. The molecule has 0 spiro atoms. The molecule has 9 nitrogen and oxygen atoms in total. The first-order valence-electron chi connectivity index (χ1n) is 19.0. The van der Waals surface area contributed by atoms with Crippen LogP contribution in [-0.4, -0.2) is 70.0 Å². The van der Waals surface area contributed by atoms with Crippen LogP contribution in [0.1, 0.15) is 129 Å². The van der Waals surface area contributed by atoms with Gasteiger partial charge in [-0.15, -0.1) is 0 Å². The van der Waals surface area contributed by atoms with Gasteiger partial charge in [0.2, 0.25) is 0 Å². The number of phosphoric acid groups is 1. The molecule has 0 amide bonds. The van der Waals surface area contributed by atoms with E-state index in [0.29, 0.717) is 23.9 Å². The second kappa shape index (κ2) is 32.6. The lowest BCUT2D eigenvalue weighted by Crippen LogP contribution is -2.37. The zero-order chi connectivity index (χ0) is 37.2. The Morgan fingerprint density at radius 1 is 0.640 bits per heavy atom. The molecule has 0 saturated carbocycles. The van der Waals surface area contributed by atoms with Crippen LogP contribution in [0, 0.1) is 0 Å². The smallest absolute Gasteiger partial charge is 0.306 e.